The molecule has 0 amide bonds. The Kier molecular flexibility index (Phi) is 7.11. The lowest BCUT2D eigenvalue weighted by molar-refractivity contribution is 0.0962. The van der Waals surface area contributed by atoms with Crippen LogP contribution in [-0.4, -0.2) is 57.6 Å². The maximum absolute atomic E-state index is 12.7. The minimum Gasteiger partial charge on any atom is -0.493 e. The van der Waals surface area contributed by atoms with Crippen LogP contribution in [0.25, 0.3) is 0 Å². The molecule has 1 aliphatic heterocycles. The van der Waals surface area contributed by atoms with E-state index in [1.165, 1.54) is 14.2 Å². The molecule has 6 nitrogen and oxygen atoms in total. The molecule has 2 N–H and O–H groups in total. The zero-order chi connectivity index (χ0) is 21.0. The maximum Gasteiger partial charge on any atom is 0.183 e. The van der Waals surface area contributed by atoms with E-state index in [-0.39, 0.29) is 5.78 Å². The number of carbonyl (C=O) groups excluding carboxylic acids is 1. The van der Waals surface area contributed by atoms with Crippen LogP contribution in [-0.2, 0) is 0 Å². The van der Waals surface area contributed by atoms with Gasteiger partial charge in [-0.15, -0.1) is 0 Å². The largest absolute Gasteiger partial charge is 0.493 e. The Labute approximate surface area is 181 Å². The van der Waals surface area contributed by atoms with Gasteiger partial charge in [-0.25, -0.2) is 0 Å². The second-order valence-electron chi connectivity index (χ2n) is 6.88. The lowest BCUT2D eigenvalue weighted by Gasteiger charge is -2.36. The van der Waals surface area contributed by atoms with Crippen LogP contribution in [0.4, 0.5) is 11.4 Å². The average molecular weight is 438 g/mol. The highest BCUT2D eigenvalue weighted by atomic mass is 35.5. The molecule has 1 saturated heterocycles. The number of hydrogen-bond donors (Lipinski definition) is 1. The number of piperazine rings is 1. The standard InChI is InChI=1S/C21H25Cl2N3O3/c1-28-19-13-14(12-16(24)21(19)29-2)18(27)6-7-25-8-10-26(11-9-25)17-5-3-4-15(22)20(17)23/h3-5,12-13H,6-11,24H2,1-2H3. The van der Waals surface area contributed by atoms with Crippen molar-refractivity contribution in [2.75, 3.05) is 57.6 Å². The summed E-state index contributed by atoms with van der Waals surface area (Å²) in [5.41, 5.74) is 7.86. The normalized spacial score (nSPS) is 14.7. The molecule has 1 fully saturated rings. The van der Waals surface area contributed by atoms with Gasteiger partial charge < -0.3 is 20.1 Å². The summed E-state index contributed by atoms with van der Waals surface area (Å²) in [6, 6.07) is 8.99. The van der Waals surface area contributed by atoms with Crippen molar-refractivity contribution < 1.29 is 14.3 Å². The Morgan fingerprint density at radius 2 is 1.83 bits per heavy atom. The molecule has 0 radical (unpaired) electrons. The lowest BCUT2D eigenvalue weighted by Crippen LogP contribution is -2.47. The third-order valence-corrected chi connectivity index (χ3v) is 5.94. The fourth-order valence-electron chi connectivity index (χ4n) is 3.51. The molecule has 0 aliphatic carbocycles. The van der Waals surface area contributed by atoms with Crippen molar-refractivity contribution >= 4 is 40.4 Å². The number of anilines is 2. The number of nitrogens with zero attached hydrogens (tertiary/aromatic N) is 2. The summed E-state index contributed by atoms with van der Waals surface area (Å²) in [7, 11) is 3.04. The van der Waals surface area contributed by atoms with Crippen molar-refractivity contribution in [1.82, 2.24) is 4.90 Å². The third-order valence-electron chi connectivity index (χ3n) is 5.13. The van der Waals surface area contributed by atoms with Gasteiger partial charge >= 0.3 is 0 Å². The first-order chi connectivity index (χ1) is 13.9. The number of nitrogens with two attached hydrogens (primary N) is 1. The quantitative estimate of drug-likeness (QED) is 0.521. The van der Waals surface area contributed by atoms with Crippen molar-refractivity contribution in [3.8, 4) is 11.5 Å². The van der Waals surface area contributed by atoms with Gasteiger partial charge in [0.2, 0.25) is 0 Å². The summed E-state index contributed by atoms with van der Waals surface area (Å²) >= 11 is 12.5. The summed E-state index contributed by atoms with van der Waals surface area (Å²) in [4.78, 5) is 17.2. The molecular formula is C21H25Cl2N3O3. The highest BCUT2D eigenvalue weighted by molar-refractivity contribution is 6.43. The van der Waals surface area contributed by atoms with Gasteiger partial charge in [0, 0.05) is 44.7 Å². The van der Waals surface area contributed by atoms with Crippen LogP contribution in [0.1, 0.15) is 16.8 Å². The molecule has 2 aromatic rings. The number of nitrogen functional groups attached to an aromatic ring is 1. The van der Waals surface area contributed by atoms with E-state index >= 15 is 0 Å². The zero-order valence-corrected chi connectivity index (χ0v) is 18.1. The molecule has 29 heavy (non-hydrogen) atoms. The first kappa shape index (κ1) is 21.6. The number of ether oxygens (including phenoxy) is 2. The van der Waals surface area contributed by atoms with Gasteiger partial charge in [0.05, 0.1) is 35.6 Å². The van der Waals surface area contributed by atoms with Crippen molar-refractivity contribution in [2.24, 2.45) is 0 Å². The Balaban J connectivity index is 1.56. The highest BCUT2D eigenvalue weighted by Crippen LogP contribution is 2.35. The Bertz CT molecular complexity index is 884. The van der Waals surface area contributed by atoms with Crippen LogP contribution in [0.2, 0.25) is 10.0 Å². The number of carbonyl (C=O) groups is 1. The zero-order valence-electron chi connectivity index (χ0n) is 16.6. The van der Waals surface area contributed by atoms with Gasteiger partial charge in [-0.2, -0.15) is 0 Å². The van der Waals surface area contributed by atoms with Gasteiger partial charge in [0.1, 0.15) is 0 Å². The summed E-state index contributed by atoms with van der Waals surface area (Å²) in [5.74, 6) is 0.931. The lowest BCUT2D eigenvalue weighted by atomic mass is 10.1. The number of benzene rings is 2. The van der Waals surface area contributed by atoms with Gasteiger partial charge in [0.15, 0.2) is 17.3 Å². The molecule has 2 aromatic carbocycles. The number of rotatable bonds is 7. The summed E-state index contributed by atoms with van der Waals surface area (Å²) < 4.78 is 10.5. The predicted molar refractivity (Wildman–Crippen MR) is 118 cm³/mol. The highest BCUT2D eigenvalue weighted by Gasteiger charge is 2.21. The molecule has 0 atom stereocenters. The number of hydrogen-bond acceptors (Lipinski definition) is 6. The van der Waals surface area contributed by atoms with Crippen LogP contribution >= 0.6 is 23.2 Å². The van der Waals surface area contributed by atoms with Crippen LogP contribution < -0.4 is 20.1 Å². The Morgan fingerprint density at radius 3 is 2.48 bits per heavy atom. The molecule has 1 heterocycles. The Morgan fingerprint density at radius 1 is 1.10 bits per heavy atom. The van der Waals surface area contributed by atoms with E-state index in [1.54, 1.807) is 18.2 Å². The number of Topliss-reactive ketones (excluding diaryl/α,β-unsaturated/α-hetero) is 1. The first-order valence-electron chi connectivity index (χ1n) is 9.40. The van der Waals surface area contributed by atoms with Gasteiger partial charge in [-0.1, -0.05) is 29.3 Å². The second-order valence-corrected chi connectivity index (χ2v) is 7.66. The summed E-state index contributed by atoms with van der Waals surface area (Å²) in [6.07, 6.45) is 0.410. The fourth-order valence-corrected chi connectivity index (χ4v) is 3.92. The van der Waals surface area contributed by atoms with E-state index < -0.39 is 0 Å². The molecule has 0 spiro atoms. The van der Waals surface area contributed by atoms with Crippen LogP contribution in [0.5, 0.6) is 11.5 Å². The van der Waals surface area contributed by atoms with Crippen molar-refractivity contribution in [1.29, 1.82) is 0 Å². The molecular weight excluding hydrogens is 413 g/mol. The molecule has 0 bridgehead atoms. The van der Waals surface area contributed by atoms with Gasteiger partial charge in [-0.05, 0) is 24.3 Å². The van der Waals surface area contributed by atoms with Crippen LogP contribution in [0.3, 0.4) is 0 Å². The van der Waals surface area contributed by atoms with Crippen LogP contribution in [0, 0.1) is 0 Å². The molecule has 156 valence electrons. The van der Waals surface area contributed by atoms with Gasteiger partial charge in [-0.3, -0.25) is 9.69 Å². The fraction of sp³-hybridized carbons (Fsp3) is 0.381. The number of ketones is 1. The minimum absolute atomic E-state index is 0.0259. The monoisotopic (exact) mass is 437 g/mol. The average Bonchev–Trinajstić information content (AvgIpc) is 2.73. The summed E-state index contributed by atoms with van der Waals surface area (Å²) in [5, 5.41) is 1.15. The predicted octanol–water partition coefficient (Wildman–Crippen LogP) is 3.99. The maximum atomic E-state index is 12.7. The van der Waals surface area contributed by atoms with Crippen molar-refractivity contribution in [2.45, 2.75) is 6.42 Å². The first-order valence-corrected chi connectivity index (χ1v) is 10.2. The molecule has 0 unspecified atom stereocenters. The van der Waals surface area contributed by atoms with E-state index in [1.807, 2.05) is 12.1 Å². The molecule has 3 rings (SSSR count). The van der Waals surface area contributed by atoms with E-state index in [4.69, 9.17) is 38.4 Å². The SMILES string of the molecule is COc1cc(C(=O)CCN2CCN(c3cccc(Cl)c3Cl)CC2)cc(N)c1OC. The van der Waals surface area contributed by atoms with Crippen LogP contribution in [0.15, 0.2) is 30.3 Å². The van der Waals surface area contributed by atoms with Crippen molar-refractivity contribution in [3.63, 3.8) is 0 Å². The number of halogens is 2. The van der Waals surface area contributed by atoms with Crippen molar-refractivity contribution in [3.05, 3.63) is 45.9 Å². The van der Waals surface area contributed by atoms with E-state index in [0.717, 1.165) is 31.9 Å². The number of methoxy groups -OCH3 is 2. The van der Waals surface area contributed by atoms with E-state index in [9.17, 15) is 4.79 Å². The topological polar surface area (TPSA) is 68.0 Å². The third kappa shape index (κ3) is 4.89. The smallest absolute Gasteiger partial charge is 0.183 e. The molecule has 1 aliphatic rings. The second kappa shape index (κ2) is 9.57. The Hall–Kier alpha value is -2.15. The summed E-state index contributed by atoms with van der Waals surface area (Å²) in [6.45, 7) is 4.05. The minimum atomic E-state index is 0.0259. The van der Waals surface area contributed by atoms with E-state index in [2.05, 4.69) is 9.80 Å². The van der Waals surface area contributed by atoms with Gasteiger partial charge in [0.25, 0.3) is 0 Å². The molecule has 0 saturated carbocycles. The van der Waals surface area contributed by atoms with E-state index in [0.29, 0.717) is 45.8 Å². The molecule has 0 aromatic heterocycles. The molecule has 8 heteroatoms.